The maximum atomic E-state index is 12.9. The zero-order chi connectivity index (χ0) is 21.7. The molecule has 1 aliphatic carbocycles. The normalized spacial score (nSPS) is 20.5. The summed E-state index contributed by atoms with van der Waals surface area (Å²) in [6.07, 6.45) is -3.47. The van der Waals surface area contributed by atoms with Gasteiger partial charge in [0.1, 0.15) is 0 Å². The fourth-order valence-corrected chi connectivity index (χ4v) is 5.89. The van der Waals surface area contributed by atoms with Crippen LogP contribution in [-0.4, -0.2) is 18.4 Å². The predicted octanol–water partition coefficient (Wildman–Crippen LogP) is 5.22. The largest absolute Gasteiger partial charge is 0.416 e. The highest BCUT2D eigenvalue weighted by Gasteiger charge is 2.36. The first-order valence-corrected chi connectivity index (χ1v) is 11.2. The topological polar surface area (TPSA) is 69.3 Å². The van der Waals surface area contributed by atoms with Crippen molar-refractivity contribution in [3.63, 3.8) is 0 Å². The van der Waals surface area contributed by atoms with Crippen molar-refractivity contribution in [1.82, 2.24) is 4.74 Å². The first kappa shape index (κ1) is 21.0. The Labute approximate surface area is 174 Å². The van der Waals surface area contributed by atoms with Crippen LogP contribution >= 0.6 is 11.6 Å². The van der Waals surface area contributed by atoms with Crippen LogP contribution < -0.4 is 5.56 Å². The minimum Gasteiger partial charge on any atom is -0.375 e. The van der Waals surface area contributed by atoms with Crippen molar-refractivity contribution in [2.45, 2.75) is 48.0 Å². The number of aromatic nitrogens is 1. The number of halogens is 4. The molecule has 0 aliphatic heterocycles. The molecule has 2 aromatic carbocycles. The number of nitrogens with zero attached hydrogens (tertiary/aromatic N) is 1. The van der Waals surface area contributed by atoms with E-state index >= 15 is 0 Å². The fourth-order valence-electron chi connectivity index (χ4n) is 3.89. The van der Waals surface area contributed by atoms with Crippen LogP contribution in [0.15, 0.2) is 56.7 Å². The molecular formula is C20H17ClF3NO4S. The quantitative estimate of drug-likeness (QED) is 0.538. The van der Waals surface area contributed by atoms with Crippen molar-refractivity contribution in [2.24, 2.45) is 0 Å². The third kappa shape index (κ3) is 3.76. The van der Waals surface area contributed by atoms with E-state index in [1.165, 1.54) is 10.8 Å². The Hall–Kier alpha value is -2.26. The van der Waals surface area contributed by atoms with Gasteiger partial charge in [-0.15, -0.1) is 0 Å². The van der Waals surface area contributed by atoms with Crippen molar-refractivity contribution in [1.29, 1.82) is 0 Å². The molecule has 3 aromatic rings. The van der Waals surface area contributed by atoms with Crippen molar-refractivity contribution >= 4 is 32.4 Å². The van der Waals surface area contributed by atoms with Crippen LogP contribution in [-0.2, 0) is 16.0 Å². The molecule has 0 atom stereocenters. The monoisotopic (exact) mass is 459 g/mol. The van der Waals surface area contributed by atoms with Gasteiger partial charge in [-0.25, -0.2) is 8.42 Å². The summed E-state index contributed by atoms with van der Waals surface area (Å²) in [5, 5.41) is 0.00385. The molecule has 1 aliphatic rings. The second kappa shape index (κ2) is 7.46. The van der Waals surface area contributed by atoms with Gasteiger partial charge in [0.2, 0.25) is 0 Å². The summed E-state index contributed by atoms with van der Waals surface area (Å²) in [6, 6.07) is 8.18. The summed E-state index contributed by atoms with van der Waals surface area (Å²) in [5.41, 5.74) is -0.957. The minimum atomic E-state index is -4.62. The average Bonchev–Trinajstić information content (AvgIpc) is 3.03. The van der Waals surface area contributed by atoms with E-state index in [-0.39, 0.29) is 29.3 Å². The lowest BCUT2D eigenvalue weighted by molar-refractivity contribution is -0.137. The van der Waals surface area contributed by atoms with E-state index in [0.717, 1.165) is 12.1 Å². The summed E-state index contributed by atoms with van der Waals surface area (Å²) < 4.78 is 71.5. The van der Waals surface area contributed by atoms with Gasteiger partial charge < -0.3 is 4.52 Å². The van der Waals surface area contributed by atoms with Crippen LogP contribution in [0.5, 0.6) is 0 Å². The fraction of sp³-hybridized carbons (Fsp3) is 0.350. The molecule has 0 saturated heterocycles. The van der Waals surface area contributed by atoms with Crippen LogP contribution in [0.4, 0.5) is 13.2 Å². The third-order valence-corrected chi connectivity index (χ3v) is 7.97. The van der Waals surface area contributed by atoms with E-state index in [4.69, 9.17) is 16.1 Å². The Morgan fingerprint density at radius 1 is 1.03 bits per heavy atom. The molecule has 0 bridgehead atoms. The lowest BCUT2D eigenvalue weighted by Crippen LogP contribution is -2.31. The number of fused-ring (bicyclic) bond motifs is 1. The Balaban J connectivity index is 1.55. The van der Waals surface area contributed by atoms with Crippen LogP contribution in [0.3, 0.4) is 0 Å². The Morgan fingerprint density at radius 2 is 1.73 bits per heavy atom. The number of alkyl halides is 3. The number of hydrogen-bond acceptors (Lipinski definition) is 4. The van der Waals surface area contributed by atoms with Crippen LogP contribution in [0.25, 0.3) is 11.0 Å². The summed E-state index contributed by atoms with van der Waals surface area (Å²) >= 11 is 5.92. The first-order valence-electron chi connectivity index (χ1n) is 9.29. The summed E-state index contributed by atoms with van der Waals surface area (Å²) in [5.74, 6) is 0. The van der Waals surface area contributed by atoms with Gasteiger partial charge in [0.25, 0.3) is 5.56 Å². The lowest BCUT2D eigenvalue weighted by Gasteiger charge is -2.27. The molecule has 4 rings (SSSR count). The molecule has 0 unspecified atom stereocenters. The van der Waals surface area contributed by atoms with Crippen LogP contribution in [0, 0.1) is 0 Å². The second-order valence-corrected chi connectivity index (χ2v) is 10.0. The van der Waals surface area contributed by atoms with Gasteiger partial charge in [0, 0.05) is 11.1 Å². The Bertz CT molecular complexity index is 1260. The summed E-state index contributed by atoms with van der Waals surface area (Å²) in [4.78, 5) is 12.2. The molecule has 30 heavy (non-hydrogen) atoms. The van der Waals surface area contributed by atoms with Gasteiger partial charge in [-0.2, -0.15) is 17.9 Å². The zero-order valence-electron chi connectivity index (χ0n) is 15.5. The molecule has 160 valence electrons. The van der Waals surface area contributed by atoms with Crippen molar-refractivity contribution in [2.75, 3.05) is 0 Å². The summed E-state index contributed by atoms with van der Waals surface area (Å²) in [6.45, 7) is 0. The Morgan fingerprint density at radius 3 is 2.40 bits per heavy atom. The lowest BCUT2D eigenvalue weighted by atomic mass is 9.95. The van der Waals surface area contributed by atoms with Gasteiger partial charge in [0.15, 0.2) is 15.4 Å². The van der Waals surface area contributed by atoms with E-state index < -0.39 is 26.8 Å². The third-order valence-electron chi connectivity index (χ3n) is 5.48. The van der Waals surface area contributed by atoms with Crippen molar-refractivity contribution in [3.8, 4) is 0 Å². The van der Waals surface area contributed by atoms with Crippen molar-refractivity contribution < 1.29 is 26.1 Å². The summed E-state index contributed by atoms with van der Waals surface area (Å²) in [7, 11) is -3.93. The number of hydrogen-bond donors (Lipinski definition) is 0. The standard InChI is InChI=1S/C20H17ClF3NO4S/c21-13-4-9-17-18(11-13)29-25(19(17)26)14-5-7-15(8-6-14)30(27,28)16-3-1-2-12(10-16)20(22,23)24/h1-4,9-11,14-15H,5-8H2/t14-,15-. The number of rotatable bonds is 3. The maximum absolute atomic E-state index is 12.9. The average molecular weight is 460 g/mol. The van der Waals surface area contributed by atoms with E-state index in [0.29, 0.717) is 34.9 Å². The van der Waals surface area contributed by atoms with Crippen LogP contribution in [0.2, 0.25) is 5.02 Å². The highest BCUT2D eigenvalue weighted by molar-refractivity contribution is 7.92. The molecule has 0 radical (unpaired) electrons. The first-order chi connectivity index (χ1) is 14.1. The molecule has 10 heteroatoms. The van der Waals surface area contributed by atoms with E-state index in [9.17, 15) is 26.4 Å². The van der Waals surface area contributed by atoms with Crippen LogP contribution in [0.1, 0.15) is 37.3 Å². The van der Waals surface area contributed by atoms with Crippen molar-refractivity contribution in [3.05, 3.63) is 63.4 Å². The SMILES string of the molecule is O=c1c2ccc(Cl)cc2on1[C@H]1CC[C@H](S(=O)(=O)c2cccc(C(F)(F)F)c2)CC1. The minimum absolute atomic E-state index is 0.216. The number of sulfone groups is 1. The molecule has 1 aromatic heterocycles. The van der Waals surface area contributed by atoms with Gasteiger partial charge in [0.05, 0.1) is 27.1 Å². The highest BCUT2D eigenvalue weighted by Crippen LogP contribution is 2.36. The highest BCUT2D eigenvalue weighted by atomic mass is 35.5. The predicted molar refractivity (Wildman–Crippen MR) is 105 cm³/mol. The molecule has 1 fully saturated rings. The molecule has 1 saturated carbocycles. The smallest absolute Gasteiger partial charge is 0.375 e. The maximum Gasteiger partial charge on any atom is 0.416 e. The number of benzene rings is 2. The Kier molecular flexibility index (Phi) is 5.22. The molecule has 0 N–H and O–H groups in total. The van der Waals surface area contributed by atoms with Gasteiger partial charge in [-0.05, 0) is 56.0 Å². The molecule has 0 spiro atoms. The van der Waals surface area contributed by atoms with Gasteiger partial charge in [-0.1, -0.05) is 17.7 Å². The van der Waals surface area contributed by atoms with E-state index in [1.807, 2.05) is 0 Å². The van der Waals surface area contributed by atoms with Gasteiger partial charge in [-0.3, -0.25) is 4.79 Å². The van der Waals surface area contributed by atoms with E-state index in [1.54, 1.807) is 18.2 Å². The zero-order valence-corrected chi connectivity index (χ0v) is 17.1. The second-order valence-electron chi connectivity index (χ2n) is 7.36. The molecule has 5 nitrogen and oxygen atoms in total. The van der Waals surface area contributed by atoms with Gasteiger partial charge >= 0.3 is 6.18 Å². The molecular weight excluding hydrogens is 443 g/mol. The molecule has 1 heterocycles. The van der Waals surface area contributed by atoms with E-state index in [2.05, 4.69) is 0 Å². The molecule has 0 amide bonds.